The number of ether oxygens (including phenoxy) is 2. The molecule has 142 valence electrons. The molecule has 0 spiro atoms. The van der Waals surface area contributed by atoms with Gasteiger partial charge >= 0.3 is 0 Å². The van der Waals surface area contributed by atoms with Gasteiger partial charge in [-0.2, -0.15) is 0 Å². The Balaban J connectivity index is 2.69. The smallest absolute Gasteiger partial charge is 0.191 e. The fourth-order valence-corrected chi connectivity index (χ4v) is 2.59. The summed E-state index contributed by atoms with van der Waals surface area (Å²) in [5.74, 6) is 2.39. The van der Waals surface area contributed by atoms with Crippen molar-refractivity contribution in [3.05, 3.63) is 23.8 Å². The Bertz CT molecular complexity index is 532. The molecule has 0 aliphatic rings. The van der Waals surface area contributed by atoms with Gasteiger partial charge in [-0.05, 0) is 39.4 Å². The summed E-state index contributed by atoms with van der Waals surface area (Å²) in [5.41, 5.74) is 1.03. The van der Waals surface area contributed by atoms with E-state index in [0.717, 1.165) is 49.2 Å². The Labute approximate surface area is 152 Å². The lowest BCUT2D eigenvalue weighted by atomic mass is 10.2. The maximum Gasteiger partial charge on any atom is 0.191 e. The van der Waals surface area contributed by atoms with Crippen molar-refractivity contribution in [2.24, 2.45) is 4.99 Å². The molecule has 0 unspecified atom stereocenters. The molecule has 1 aromatic carbocycles. The van der Waals surface area contributed by atoms with Crippen molar-refractivity contribution in [1.82, 2.24) is 15.5 Å². The van der Waals surface area contributed by atoms with Crippen LogP contribution in [-0.2, 0) is 6.54 Å². The fourth-order valence-electron chi connectivity index (χ4n) is 2.59. The number of benzene rings is 1. The van der Waals surface area contributed by atoms with E-state index in [1.807, 2.05) is 18.2 Å². The third-order valence-electron chi connectivity index (χ3n) is 4.07. The van der Waals surface area contributed by atoms with Gasteiger partial charge in [-0.3, -0.25) is 4.90 Å². The molecule has 0 radical (unpaired) electrons. The van der Waals surface area contributed by atoms with Crippen molar-refractivity contribution in [1.29, 1.82) is 0 Å². The average Bonchev–Trinajstić information content (AvgIpc) is 2.62. The van der Waals surface area contributed by atoms with Crippen LogP contribution in [0.4, 0.5) is 0 Å². The molecular weight excluding hydrogens is 316 g/mol. The predicted molar refractivity (Wildman–Crippen MR) is 105 cm³/mol. The molecule has 1 rings (SSSR count). The first-order valence-electron chi connectivity index (χ1n) is 9.02. The second kappa shape index (κ2) is 11.6. The minimum absolute atomic E-state index is 0.546. The Morgan fingerprint density at radius 3 is 2.48 bits per heavy atom. The van der Waals surface area contributed by atoms with E-state index >= 15 is 0 Å². The first-order chi connectivity index (χ1) is 12.0. The van der Waals surface area contributed by atoms with Gasteiger partial charge in [-0.25, -0.2) is 4.99 Å². The number of hydrogen-bond donors (Lipinski definition) is 2. The molecule has 0 aliphatic carbocycles. The molecule has 0 heterocycles. The summed E-state index contributed by atoms with van der Waals surface area (Å²) in [5, 5.41) is 6.69. The van der Waals surface area contributed by atoms with Crippen LogP contribution in [-0.4, -0.2) is 57.3 Å². The van der Waals surface area contributed by atoms with Gasteiger partial charge in [0.15, 0.2) is 5.96 Å². The summed E-state index contributed by atoms with van der Waals surface area (Å²) < 4.78 is 10.7. The maximum absolute atomic E-state index is 5.44. The third kappa shape index (κ3) is 7.22. The Kier molecular flexibility index (Phi) is 9.77. The highest BCUT2D eigenvalue weighted by atomic mass is 16.5. The molecule has 0 amide bonds. The first-order valence-corrected chi connectivity index (χ1v) is 9.02. The second-order valence-electron chi connectivity index (χ2n) is 6.02. The molecule has 0 aliphatic heterocycles. The predicted octanol–water partition coefficient (Wildman–Crippen LogP) is 2.49. The molecule has 0 fully saturated rings. The number of guanidine groups is 1. The minimum atomic E-state index is 0.546. The summed E-state index contributed by atoms with van der Waals surface area (Å²) in [7, 11) is 3.31. The Morgan fingerprint density at radius 1 is 1.16 bits per heavy atom. The SMILES string of the molecule is CCNC(=NCc1ccc(OC)cc1OC)NCCN(CC)C(C)C. The largest absolute Gasteiger partial charge is 0.497 e. The lowest BCUT2D eigenvalue weighted by molar-refractivity contribution is 0.237. The van der Waals surface area contributed by atoms with Crippen LogP contribution in [0.15, 0.2) is 23.2 Å². The maximum atomic E-state index is 5.44. The minimum Gasteiger partial charge on any atom is -0.497 e. The monoisotopic (exact) mass is 350 g/mol. The van der Waals surface area contributed by atoms with Gasteiger partial charge in [0.25, 0.3) is 0 Å². The standard InChI is InChI=1S/C19H34N4O2/c1-7-20-19(21-11-12-23(8-2)15(3)4)22-14-16-9-10-17(24-5)13-18(16)25-6/h9-10,13,15H,7-8,11-12,14H2,1-6H3,(H2,20,21,22). The number of aliphatic imine (C=N–C) groups is 1. The second-order valence-corrected chi connectivity index (χ2v) is 6.02. The van der Waals surface area contributed by atoms with E-state index in [-0.39, 0.29) is 0 Å². The molecule has 25 heavy (non-hydrogen) atoms. The molecule has 2 N–H and O–H groups in total. The van der Waals surface area contributed by atoms with Gasteiger partial charge in [-0.15, -0.1) is 0 Å². The first kappa shape index (κ1) is 21.1. The van der Waals surface area contributed by atoms with Crippen molar-refractivity contribution < 1.29 is 9.47 Å². The van der Waals surface area contributed by atoms with Crippen LogP contribution in [0, 0.1) is 0 Å². The zero-order chi connectivity index (χ0) is 18.7. The zero-order valence-corrected chi connectivity index (χ0v) is 16.6. The number of nitrogens with one attached hydrogen (secondary N) is 2. The number of methoxy groups -OCH3 is 2. The van der Waals surface area contributed by atoms with Crippen LogP contribution in [0.3, 0.4) is 0 Å². The van der Waals surface area contributed by atoms with E-state index in [2.05, 4.69) is 48.2 Å². The van der Waals surface area contributed by atoms with E-state index in [9.17, 15) is 0 Å². The topological polar surface area (TPSA) is 58.1 Å². The Hall–Kier alpha value is -1.95. The summed E-state index contributed by atoms with van der Waals surface area (Å²) >= 11 is 0. The number of nitrogens with zero attached hydrogens (tertiary/aromatic N) is 2. The van der Waals surface area contributed by atoms with Crippen molar-refractivity contribution >= 4 is 5.96 Å². The number of hydrogen-bond acceptors (Lipinski definition) is 4. The zero-order valence-electron chi connectivity index (χ0n) is 16.6. The fraction of sp³-hybridized carbons (Fsp3) is 0.632. The molecule has 0 atom stereocenters. The molecular formula is C19H34N4O2. The third-order valence-corrected chi connectivity index (χ3v) is 4.07. The van der Waals surface area contributed by atoms with Crippen molar-refractivity contribution in [3.8, 4) is 11.5 Å². The quantitative estimate of drug-likeness (QED) is 0.501. The summed E-state index contributed by atoms with van der Waals surface area (Å²) in [6, 6.07) is 6.35. The van der Waals surface area contributed by atoms with E-state index in [1.165, 1.54) is 0 Å². The molecule has 0 saturated carbocycles. The average molecular weight is 351 g/mol. The van der Waals surface area contributed by atoms with Crippen LogP contribution >= 0.6 is 0 Å². The van der Waals surface area contributed by atoms with Gasteiger partial charge in [0.1, 0.15) is 11.5 Å². The summed E-state index contributed by atoms with van der Waals surface area (Å²) in [6.07, 6.45) is 0. The van der Waals surface area contributed by atoms with E-state index < -0.39 is 0 Å². The number of likely N-dealkylation sites (N-methyl/N-ethyl adjacent to an activating group) is 1. The van der Waals surface area contributed by atoms with Crippen LogP contribution in [0.1, 0.15) is 33.3 Å². The highest BCUT2D eigenvalue weighted by molar-refractivity contribution is 5.79. The van der Waals surface area contributed by atoms with Crippen molar-refractivity contribution in [3.63, 3.8) is 0 Å². The summed E-state index contributed by atoms with van der Waals surface area (Å²) in [4.78, 5) is 7.09. The van der Waals surface area contributed by atoms with Gasteiger partial charge in [0.05, 0.1) is 20.8 Å². The lowest BCUT2D eigenvalue weighted by Crippen LogP contribution is -2.43. The van der Waals surface area contributed by atoms with E-state index in [1.54, 1.807) is 14.2 Å². The summed E-state index contributed by atoms with van der Waals surface area (Å²) in [6.45, 7) is 13.0. The molecule has 1 aromatic rings. The highest BCUT2D eigenvalue weighted by Crippen LogP contribution is 2.25. The van der Waals surface area contributed by atoms with Crippen LogP contribution in [0.25, 0.3) is 0 Å². The number of rotatable bonds is 10. The lowest BCUT2D eigenvalue weighted by Gasteiger charge is -2.25. The van der Waals surface area contributed by atoms with Gasteiger partial charge < -0.3 is 20.1 Å². The molecule has 0 aromatic heterocycles. The molecule has 0 saturated heterocycles. The normalized spacial score (nSPS) is 11.8. The Morgan fingerprint density at radius 2 is 1.92 bits per heavy atom. The van der Waals surface area contributed by atoms with Crippen molar-refractivity contribution in [2.45, 2.75) is 40.3 Å². The highest BCUT2D eigenvalue weighted by Gasteiger charge is 2.08. The molecule has 0 bridgehead atoms. The van der Waals surface area contributed by atoms with Crippen LogP contribution in [0.2, 0.25) is 0 Å². The van der Waals surface area contributed by atoms with Gasteiger partial charge in [-0.1, -0.05) is 6.92 Å². The van der Waals surface area contributed by atoms with E-state index in [4.69, 9.17) is 9.47 Å². The van der Waals surface area contributed by atoms with Gasteiger partial charge in [0, 0.05) is 37.3 Å². The van der Waals surface area contributed by atoms with E-state index in [0.29, 0.717) is 12.6 Å². The van der Waals surface area contributed by atoms with Crippen LogP contribution in [0.5, 0.6) is 11.5 Å². The van der Waals surface area contributed by atoms with Crippen LogP contribution < -0.4 is 20.1 Å². The molecule has 6 heteroatoms. The van der Waals surface area contributed by atoms with Crippen molar-refractivity contribution in [2.75, 3.05) is 40.4 Å². The molecule has 6 nitrogen and oxygen atoms in total. The van der Waals surface area contributed by atoms with Gasteiger partial charge in [0.2, 0.25) is 0 Å².